The summed E-state index contributed by atoms with van der Waals surface area (Å²) < 4.78 is 26.4. The van der Waals surface area contributed by atoms with Gasteiger partial charge in [-0.2, -0.15) is 0 Å². The van der Waals surface area contributed by atoms with Crippen molar-refractivity contribution in [2.45, 2.75) is 213 Å². The zero-order valence-corrected chi connectivity index (χ0v) is 34.4. The van der Waals surface area contributed by atoms with Gasteiger partial charge in [-0.25, -0.2) is 4.57 Å². The fourth-order valence-electron chi connectivity index (χ4n) is 6.04. The highest BCUT2D eigenvalue weighted by Gasteiger charge is 2.22. The van der Waals surface area contributed by atoms with E-state index < -0.39 is 32.5 Å². The first-order valence-electron chi connectivity index (χ1n) is 21.3. The normalized spacial score (nSPS) is 12.8. The molecule has 2 N–H and O–H groups in total. The molecular weight excluding hydrogens is 675 g/mol. The number of allylic oxidation sites excluding steroid dienone is 6. The summed E-state index contributed by atoms with van der Waals surface area (Å²) in [7, 11) is -4.76. The Kier molecular flexibility index (Phi) is 37.7. The average Bonchev–Trinajstić information content (AvgIpc) is 3.11. The number of hydrogen-bond acceptors (Lipinski definition) is 6. The second-order valence-electron chi connectivity index (χ2n) is 14.3. The number of phosphoric ester groups is 1. The highest BCUT2D eigenvalue weighted by Crippen LogP contribution is 2.36. The second kappa shape index (κ2) is 39.0. The van der Waals surface area contributed by atoms with E-state index in [0.29, 0.717) is 12.8 Å². The zero-order valence-electron chi connectivity index (χ0n) is 33.5. The standard InChI is InChI=1S/C43H79O8P/c1-3-5-7-9-11-13-15-17-19-20-21-22-24-26-28-30-32-34-36-38-43(45)51-41(40-50-52(46,47)48)39-49-42(44)37-35-33-31-29-27-25-23-18-16-14-12-10-8-6-4-2/h6,8,12,14,18,23,41H,3-5,7,9-11,13,15-17,19-22,24-40H2,1-2H3,(H2,46,47,48)/b8-6-,14-12-,23-18-/t41-/m1/s1. The van der Waals surface area contributed by atoms with Gasteiger partial charge in [-0.3, -0.25) is 14.1 Å². The average molecular weight is 755 g/mol. The molecule has 0 bridgehead atoms. The van der Waals surface area contributed by atoms with Gasteiger partial charge in [0.05, 0.1) is 6.61 Å². The van der Waals surface area contributed by atoms with Crippen LogP contribution in [0.5, 0.6) is 0 Å². The number of unbranched alkanes of at least 4 members (excludes halogenated alkanes) is 23. The van der Waals surface area contributed by atoms with Crippen molar-refractivity contribution in [2.75, 3.05) is 13.2 Å². The minimum absolute atomic E-state index is 0.211. The number of hydrogen-bond donors (Lipinski definition) is 2. The van der Waals surface area contributed by atoms with Crippen LogP contribution >= 0.6 is 7.82 Å². The molecule has 0 radical (unpaired) electrons. The quantitative estimate of drug-likeness (QED) is 0.0275. The van der Waals surface area contributed by atoms with E-state index in [1.54, 1.807) is 0 Å². The van der Waals surface area contributed by atoms with E-state index in [1.165, 1.54) is 96.3 Å². The fraction of sp³-hybridized carbons (Fsp3) is 0.814. The SMILES string of the molecule is CC/C=C\C/C=C\C/C=C\CCCCCCCC(=O)OC[C@H](COP(=O)(O)O)OC(=O)CCCCCCCCCCCCCCCCCCCCC. The van der Waals surface area contributed by atoms with E-state index in [4.69, 9.17) is 19.3 Å². The van der Waals surface area contributed by atoms with Crippen LogP contribution < -0.4 is 0 Å². The van der Waals surface area contributed by atoms with Gasteiger partial charge < -0.3 is 19.3 Å². The third-order valence-electron chi connectivity index (χ3n) is 9.17. The Morgan fingerprint density at radius 2 is 0.923 bits per heavy atom. The third kappa shape index (κ3) is 41.0. The van der Waals surface area contributed by atoms with Gasteiger partial charge in [0.15, 0.2) is 6.10 Å². The third-order valence-corrected chi connectivity index (χ3v) is 9.66. The summed E-state index contributed by atoms with van der Waals surface area (Å²) in [4.78, 5) is 42.8. The van der Waals surface area contributed by atoms with Crippen molar-refractivity contribution in [2.24, 2.45) is 0 Å². The predicted molar refractivity (Wildman–Crippen MR) is 216 cm³/mol. The maximum atomic E-state index is 12.4. The lowest BCUT2D eigenvalue weighted by Crippen LogP contribution is -2.29. The van der Waals surface area contributed by atoms with Gasteiger partial charge in [0.1, 0.15) is 6.61 Å². The summed E-state index contributed by atoms with van der Waals surface area (Å²) >= 11 is 0. The maximum absolute atomic E-state index is 12.4. The largest absolute Gasteiger partial charge is 0.469 e. The number of rotatable bonds is 39. The molecule has 0 saturated carbocycles. The Balaban J connectivity index is 3.89. The van der Waals surface area contributed by atoms with Gasteiger partial charge in [-0.05, 0) is 44.9 Å². The van der Waals surface area contributed by atoms with Gasteiger partial charge in [0.25, 0.3) is 0 Å². The lowest BCUT2D eigenvalue weighted by Gasteiger charge is -2.18. The Hall–Kier alpha value is -1.73. The van der Waals surface area contributed by atoms with Crippen LogP contribution in [0.15, 0.2) is 36.5 Å². The van der Waals surface area contributed by atoms with E-state index >= 15 is 0 Å². The van der Waals surface area contributed by atoms with E-state index in [9.17, 15) is 14.2 Å². The molecule has 0 fully saturated rings. The second-order valence-corrected chi connectivity index (χ2v) is 15.5. The number of ether oxygens (including phenoxy) is 2. The Labute approximate surface area is 319 Å². The summed E-state index contributed by atoms with van der Waals surface area (Å²) in [5.74, 6) is -0.898. The van der Waals surface area contributed by atoms with Crippen LogP contribution in [0.25, 0.3) is 0 Å². The van der Waals surface area contributed by atoms with Crippen LogP contribution in [0.2, 0.25) is 0 Å². The first-order valence-corrected chi connectivity index (χ1v) is 22.8. The molecule has 0 aromatic rings. The summed E-state index contributed by atoms with van der Waals surface area (Å²) in [6.45, 7) is 3.58. The van der Waals surface area contributed by atoms with Crippen LogP contribution in [0.4, 0.5) is 0 Å². The monoisotopic (exact) mass is 755 g/mol. The van der Waals surface area contributed by atoms with Crippen LogP contribution in [0, 0.1) is 0 Å². The van der Waals surface area contributed by atoms with Crippen LogP contribution in [0.1, 0.15) is 206 Å². The molecule has 0 aromatic heterocycles. The molecule has 0 spiro atoms. The van der Waals surface area contributed by atoms with E-state index in [-0.39, 0.29) is 19.4 Å². The molecule has 0 heterocycles. The highest BCUT2D eigenvalue weighted by molar-refractivity contribution is 7.46. The number of carbonyl (C=O) groups excluding carboxylic acids is 2. The number of esters is 2. The van der Waals surface area contributed by atoms with E-state index in [0.717, 1.165) is 70.6 Å². The molecule has 8 nitrogen and oxygen atoms in total. The molecule has 304 valence electrons. The van der Waals surface area contributed by atoms with Crippen molar-refractivity contribution >= 4 is 19.8 Å². The maximum Gasteiger partial charge on any atom is 0.469 e. The molecule has 0 aliphatic carbocycles. The lowest BCUT2D eigenvalue weighted by molar-refractivity contribution is -0.161. The molecule has 0 amide bonds. The van der Waals surface area contributed by atoms with Crippen LogP contribution in [0.3, 0.4) is 0 Å². The molecule has 9 heteroatoms. The fourth-order valence-corrected chi connectivity index (χ4v) is 6.40. The molecule has 0 aliphatic rings. The summed E-state index contributed by atoms with van der Waals surface area (Å²) in [6, 6.07) is 0. The highest BCUT2D eigenvalue weighted by atomic mass is 31.2. The molecule has 0 rings (SSSR count). The number of phosphoric acid groups is 1. The van der Waals surface area contributed by atoms with Crippen molar-refractivity contribution in [3.05, 3.63) is 36.5 Å². The smallest absolute Gasteiger partial charge is 0.462 e. The van der Waals surface area contributed by atoms with Gasteiger partial charge >= 0.3 is 19.8 Å². The van der Waals surface area contributed by atoms with Gasteiger partial charge in [-0.15, -0.1) is 0 Å². The minimum Gasteiger partial charge on any atom is -0.462 e. The van der Waals surface area contributed by atoms with Crippen LogP contribution in [-0.4, -0.2) is 41.0 Å². The molecule has 0 unspecified atom stereocenters. The van der Waals surface area contributed by atoms with E-state index in [2.05, 4.69) is 54.8 Å². The molecule has 1 atom stereocenters. The zero-order chi connectivity index (χ0) is 38.2. The van der Waals surface area contributed by atoms with E-state index in [1.807, 2.05) is 0 Å². The Bertz CT molecular complexity index is 941. The van der Waals surface area contributed by atoms with Gasteiger partial charge in [0.2, 0.25) is 0 Å². The van der Waals surface area contributed by atoms with Crippen molar-refractivity contribution in [1.82, 2.24) is 0 Å². The number of carbonyl (C=O) groups is 2. The van der Waals surface area contributed by atoms with Crippen molar-refractivity contribution in [3.63, 3.8) is 0 Å². The van der Waals surface area contributed by atoms with Crippen molar-refractivity contribution < 1.29 is 37.9 Å². The van der Waals surface area contributed by atoms with Crippen molar-refractivity contribution in [1.29, 1.82) is 0 Å². The molecular formula is C43H79O8P. The minimum atomic E-state index is -4.76. The predicted octanol–water partition coefficient (Wildman–Crippen LogP) is 13.0. The van der Waals surface area contributed by atoms with Gasteiger partial charge in [-0.1, -0.05) is 185 Å². The summed E-state index contributed by atoms with van der Waals surface area (Å²) in [5.41, 5.74) is 0. The topological polar surface area (TPSA) is 119 Å². The molecule has 0 saturated heterocycles. The molecule has 52 heavy (non-hydrogen) atoms. The van der Waals surface area contributed by atoms with Crippen molar-refractivity contribution in [3.8, 4) is 0 Å². The Morgan fingerprint density at radius 3 is 1.38 bits per heavy atom. The Morgan fingerprint density at radius 1 is 0.519 bits per heavy atom. The van der Waals surface area contributed by atoms with Crippen LogP contribution in [-0.2, 0) is 28.2 Å². The first-order chi connectivity index (χ1) is 25.3. The summed E-state index contributed by atoms with van der Waals surface area (Å²) in [6.07, 6.45) is 45.8. The lowest BCUT2D eigenvalue weighted by atomic mass is 10.0. The first kappa shape index (κ1) is 50.3. The van der Waals surface area contributed by atoms with Gasteiger partial charge in [0, 0.05) is 12.8 Å². The molecule has 0 aromatic carbocycles. The summed E-state index contributed by atoms with van der Waals surface area (Å²) in [5, 5.41) is 0. The molecule has 0 aliphatic heterocycles.